The Hall–Kier alpha value is -3.17. The van der Waals surface area contributed by atoms with Crippen LogP contribution in [0.25, 0.3) is 0 Å². The summed E-state index contributed by atoms with van der Waals surface area (Å²) < 4.78 is 27.8. The van der Waals surface area contributed by atoms with Gasteiger partial charge in [0.2, 0.25) is 21.8 Å². The van der Waals surface area contributed by atoms with E-state index in [0.717, 1.165) is 43.7 Å². The van der Waals surface area contributed by atoms with Gasteiger partial charge in [-0.2, -0.15) is 0 Å². The molecule has 0 radical (unpaired) electrons. The molecule has 1 N–H and O–H groups in total. The van der Waals surface area contributed by atoms with Crippen LogP contribution in [0.2, 0.25) is 0 Å². The molecule has 3 aromatic carbocycles. The topological polar surface area (TPSA) is 86.8 Å². The maximum absolute atomic E-state index is 14.1. The Balaban J connectivity index is 2.07. The van der Waals surface area contributed by atoms with E-state index in [-0.39, 0.29) is 24.9 Å². The first-order valence-electron chi connectivity index (χ1n) is 13.3. The minimum absolute atomic E-state index is 0.0864. The number of nitrogens with one attached hydrogen (secondary N) is 1. The molecule has 3 aromatic rings. The van der Waals surface area contributed by atoms with E-state index < -0.39 is 28.5 Å². The zero-order chi connectivity index (χ0) is 29.4. The number of nitrogens with zero attached hydrogens (tertiary/aromatic N) is 2. The number of hydrogen-bond donors (Lipinski definition) is 1. The second-order valence-corrected chi connectivity index (χ2v) is 13.0. The molecule has 0 fully saturated rings. The Morgan fingerprint density at radius 3 is 2.20 bits per heavy atom. The summed E-state index contributed by atoms with van der Waals surface area (Å²) in [7, 11) is -3.81. The van der Waals surface area contributed by atoms with E-state index in [0.29, 0.717) is 5.69 Å². The lowest BCUT2D eigenvalue weighted by atomic mass is 10.0. The number of carbonyl (C=O) groups is 2. The van der Waals surface area contributed by atoms with Gasteiger partial charge in [0.15, 0.2) is 0 Å². The average molecular weight is 629 g/mol. The lowest BCUT2D eigenvalue weighted by Crippen LogP contribution is -2.54. The van der Waals surface area contributed by atoms with E-state index in [9.17, 15) is 18.0 Å². The van der Waals surface area contributed by atoms with E-state index in [1.807, 2.05) is 88.4 Å². The van der Waals surface area contributed by atoms with Crippen molar-refractivity contribution < 1.29 is 18.0 Å². The standard InChI is InChI=1S/C31H38BrN3O4S/c1-6-24(4)33-31(37)29(19-25-11-8-7-9-12-25)34(20-26-13-10-14-27(32)18-26)30(36)21-35(40(5,38)39)28-16-15-22(2)23(3)17-28/h7-18,24,29H,6,19-21H2,1-5H3,(H,33,37)/t24-,29+/m0/s1. The second-order valence-electron chi connectivity index (χ2n) is 10.2. The highest BCUT2D eigenvalue weighted by molar-refractivity contribution is 9.10. The summed E-state index contributed by atoms with van der Waals surface area (Å²) in [5.74, 6) is -0.748. The van der Waals surface area contributed by atoms with Crippen molar-refractivity contribution in [3.63, 3.8) is 0 Å². The molecule has 0 spiro atoms. The number of amides is 2. The van der Waals surface area contributed by atoms with E-state index >= 15 is 0 Å². The average Bonchev–Trinajstić information content (AvgIpc) is 2.90. The number of hydrogen-bond acceptors (Lipinski definition) is 4. The van der Waals surface area contributed by atoms with Crippen molar-refractivity contribution in [3.05, 3.63) is 99.5 Å². The summed E-state index contributed by atoms with van der Waals surface area (Å²) >= 11 is 3.49. The van der Waals surface area contributed by atoms with Crippen LogP contribution in [0.4, 0.5) is 5.69 Å². The van der Waals surface area contributed by atoms with E-state index in [1.54, 1.807) is 12.1 Å². The third-order valence-electron chi connectivity index (χ3n) is 6.97. The molecule has 0 saturated heterocycles. The molecule has 0 saturated carbocycles. The Morgan fingerprint density at radius 2 is 1.60 bits per heavy atom. The molecule has 9 heteroatoms. The van der Waals surface area contributed by atoms with Gasteiger partial charge in [-0.25, -0.2) is 8.42 Å². The molecule has 0 unspecified atom stereocenters. The van der Waals surface area contributed by atoms with Gasteiger partial charge < -0.3 is 10.2 Å². The fourth-order valence-electron chi connectivity index (χ4n) is 4.32. The first kappa shape index (κ1) is 31.4. The highest BCUT2D eigenvalue weighted by Crippen LogP contribution is 2.23. The fraction of sp³-hybridized carbons (Fsp3) is 0.355. The van der Waals surface area contributed by atoms with Crippen LogP contribution < -0.4 is 9.62 Å². The summed E-state index contributed by atoms with van der Waals surface area (Å²) in [6.07, 6.45) is 2.11. The van der Waals surface area contributed by atoms with Gasteiger partial charge in [-0.15, -0.1) is 0 Å². The number of aryl methyl sites for hydroxylation is 2. The van der Waals surface area contributed by atoms with Gasteiger partial charge in [-0.05, 0) is 73.7 Å². The fourth-order valence-corrected chi connectivity index (χ4v) is 5.61. The largest absolute Gasteiger partial charge is 0.352 e. The zero-order valence-corrected chi connectivity index (χ0v) is 26.1. The van der Waals surface area contributed by atoms with Crippen LogP contribution in [-0.4, -0.2) is 50.0 Å². The van der Waals surface area contributed by atoms with Gasteiger partial charge in [0.1, 0.15) is 12.6 Å². The van der Waals surface area contributed by atoms with E-state index in [2.05, 4.69) is 21.2 Å². The zero-order valence-electron chi connectivity index (χ0n) is 23.7. The predicted molar refractivity (Wildman–Crippen MR) is 165 cm³/mol. The van der Waals surface area contributed by atoms with Crippen molar-refractivity contribution in [2.75, 3.05) is 17.1 Å². The highest BCUT2D eigenvalue weighted by Gasteiger charge is 2.33. The van der Waals surface area contributed by atoms with E-state index in [1.165, 1.54) is 4.90 Å². The minimum Gasteiger partial charge on any atom is -0.352 e. The van der Waals surface area contributed by atoms with Crippen molar-refractivity contribution in [1.82, 2.24) is 10.2 Å². The summed E-state index contributed by atoms with van der Waals surface area (Å²) in [6.45, 7) is 7.44. The van der Waals surface area contributed by atoms with Crippen LogP contribution >= 0.6 is 15.9 Å². The molecule has 7 nitrogen and oxygen atoms in total. The Morgan fingerprint density at radius 1 is 0.925 bits per heavy atom. The number of anilines is 1. The number of rotatable bonds is 12. The van der Waals surface area contributed by atoms with Crippen molar-refractivity contribution in [2.24, 2.45) is 0 Å². The third-order valence-corrected chi connectivity index (χ3v) is 8.61. The molecule has 0 aliphatic heterocycles. The molecule has 2 amide bonds. The molecule has 0 aromatic heterocycles. The van der Waals surface area contributed by atoms with Gasteiger partial charge in [-0.1, -0.05) is 71.4 Å². The van der Waals surface area contributed by atoms with Crippen LogP contribution in [0.15, 0.2) is 77.3 Å². The SMILES string of the molecule is CC[C@H](C)NC(=O)[C@@H](Cc1ccccc1)N(Cc1cccc(Br)c1)C(=O)CN(c1ccc(C)c(C)c1)S(C)(=O)=O. The van der Waals surface area contributed by atoms with Gasteiger partial charge in [-0.3, -0.25) is 13.9 Å². The number of halogens is 1. The minimum atomic E-state index is -3.81. The van der Waals surface area contributed by atoms with Gasteiger partial charge >= 0.3 is 0 Å². The Labute approximate surface area is 246 Å². The maximum Gasteiger partial charge on any atom is 0.244 e. The van der Waals surface area contributed by atoms with Crippen LogP contribution in [0.5, 0.6) is 0 Å². The summed E-state index contributed by atoms with van der Waals surface area (Å²) in [5, 5.41) is 3.04. The van der Waals surface area contributed by atoms with Crippen molar-refractivity contribution >= 4 is 43.5 Å². The molecular weight excluding hydrogens is 590 g/mol. The van der Waals surface area contributed by atoms with Gasteiger partial charge in [0.05, 0.1) is 11.9 Å². The van der Waals surface area contributed by atoms with Crippen molar-refractivity contribution in [3.8, 4) is 0 Å². The smallest absolute Gasteiger partial charge is 0.244 e. The highest BCUT2D eigenvalue weighted by atomic mass is 79.9. The number of sulfonamides is 1. The van der Waals surface area contributed by atoms with Crippen molar-refractivity contribution in [1.29, 1.82) is 0 Å². The van der Waals surface area contributed by atoms with E-state index in [4.69, 9.17) is 0 Å². The molecule has 214 valence electrons. The lowest BCUT2D eigenvalue weighted by molar-refractivity contribution is -0.140. The summed E-state index contributed by atoms with van der Waals surface area (Å²) in [6, 6.07) is 21.4. The first-order valence-corrected chi connectivity index (χ1v) is 16.0. The first-order chi connectivity index (χ1) is 18.9. The van der Waals surface area contributed by atoms with Crippen LogP contribution in [0, 0.1) is 13.8 Å². The molecule has 0 aliphatic carbocycles. The predicted octanol–water partition coefficient (Wildman–Crippen LogP) is 5.39. The Kier molecular flexibility index (Phi) is 10.9. The Bertz CT molecular complexity index is 1430. The third kappa shape index (κ3) is 8.66. The van der Waals surface area contributed by atoms with Gasteiger partial charge in [0, 0.05) is 23.5 Å². The normalized spacial score (nSPS) is 12.8. The monoisotopic (exact) mass is 627 g/mol. The van der Waals surface area contributed by atoms with Crippen LogP contribution in [0.3, 0.4) is 0 Å². The summed E-state index contributed by atoms with van der Waals surface area (Å²) in [5.41, 5.74) is 4.05. The molecule has 0 bridgehead atoms. The molecule has 0 heterocycles. The molecular formula is C31H38BrN3O4S. The second kappa shape index (κ2) is 13.9. The lowest BCUT2D eigenvalue weighted by Gasteiger charge is -2.34. The molecule has 0 aliphatic rings. The van der Waals surface area contributed by atoms with Crippen molar-refractivity contribution in [2.45, 2.75) is 59.2 Å². The molecule has 40 heavy (non-hydrogen) atoms. The molecule has 2 atom stereocenters. The number of carbonyl (C=O) groups excluding carboxylic acids is 2. The molecule has 3 rings (SSSR count). The van der Waals surface area contributed by atoms with Crippen LogP contribution in [-0.2, 0) is 32.6 Å². The maximum atomic E-state index is 14.1. The van der Waals surface area contributed by atoms with Crippen LogP contribution in [0.1, 0.15) is 42.5 Å². The summed E-state index contributed by atoms with van der Waals surface area (Å²) in [4.78, 5) is 29.3. The number of benzene rings is 3. The quantitative estimate of drug-likeness (QED) is 0.292. The van der Waals surface area contributed by atoms with Gasteiger partial charge in [0.25, 0.3) is 0 Å².